The molecule has 1 aliphatic rings. The molecule has 2 rings (SSSR count). The highest BCUT2D eigenvalue weighted by molar-refractivity contribution is 6.29. The molecule has 1 saturated heterocycles. The number of carbonyl (C=O) groups excluding carboxylic acids is 1. The third-order valence-electron chi connectivity index (χ3n) is 3.58. The van der Waals surface area contributed by atoms with Crippen LogP contribution in [0.4, 0.5) is 0 Å². The summed E-state index contributed by atoms with van der Waals surface area (Å²) in [5, 5.41) is 3.26. The zero-order valence-corrected chi connectivity index (χ0v) is 12.0. The summed E-state index contributed by atoms with van der Waals surface area (Å²) in [5.74, 6) is 0.750. The number of halogens is 1. The van der Waals surface area contributed by atoms with Gasteiger partial charge in [0.1, 0.15) is 5.15 Å². The molecule has 104 valence electrons. The molecular weight excluding hydrogens is 262 g/mol. The molecule has 5 heteroatoms. The van der Waals surface area contributed by atoms with Crippen LogP contribution < -0.4 is 5.32 Å². The largest absolute Gasteiger partial charge is 0.351 e. The fourth-order valence-electron chi connectivity index (χ4n) is 2.26. The number of nitrogens with zero attached hydrogens (tertiary/aromatic N) is 2. The van der Waals surface area contributed by atoms with Crippen molar-refractivity contribution >= 4 is 17.5 Å². The van der Waals surface area contributed by atoms with Crippen LogP contribution in [0.3, 0.4) is 0 Å². The van der Waals surface area contributed by atoms with Crippen molar-refractivity contribution in [1.82, 2.24) is 15.2 Å². The van der Waals surface area contributed by atoms with E-state index in [4.69, 9.17) is 11.6 Å². The lowest BCUT2D eigenvalue weighted by molar-refractivity contribution is 0.0944. The first-order valence-corrected chi connectivity index (χ1v) is 7.15. The quantitative estimate of drug-likeness (QED) is 0.861. The highest BCUT2D eigenvalue weighted by Gasteiger charge is 2.15. The van der Waals surface area contributed by atoms with Gasteiger partial charge in [0, 0.05) is 24.8 Å². The summed E-state index contributed by atoms with van der Waals surface area (Å²) < 4.78 is 0. The smallest absolute Gasteiger partial charge is 0.251 e. The molecule has 0 bridgehead atoms. The zero-order valence-electron chi connectivity index (χ0n) is 11.2. The van der Waals surface area contributed by atoms with Crippen LogP contribution in [0, 0.1) is 5.92 Å². The Hall–Kier alpha value is -1.13. The second kappa shape index (κ2) is 6.87. The van der Waals surface area contributed by atoms with Crippen LogP contribution in [0.2, 0.25) is 5.15 Å². The van der Waals surface area contributed by atoms with Crippen LogP contribution in [-0.4, -0.2) is 42.0 Å². The minimum absolute atomic E-state index is 0.0883. The fraction of sp³-hybridized carbons (Fsp3) is 0.571. The van der Waals surface area contributed by atoms with Crippen molar-refractivity contribution in [2.24, 2.45) is 5.92 Å². The minimum atomic E-state index is -0.0883. The molecule has 2 heterocycles. The second-order valence-electron chi connectivity index (χ2n) is 5.15. The van der Waals surface area contributed by atoms with Crippen molar-refractivity contribution in [1.29, 1.82) is 0 Å². The summed E-state index contributed by atoms with van der Waals surface area (Å²) in [4.78, 5) is 18.1. The molecule has 0 aromatic carbocycles. The number of piperidine rings is 1. The van der Waals surface area contributed by atoms with Gasteiger partial charge in [-0.25, -0.2) is 4.98 Å². The van der Waals surface area contributed by atoms with E-state index in [-0.39, 0.29) is 5.91 Å². The predicted molar refractivity (Wildman–Crippen MR) is 76.4 cm³/mol. The lowest BCUT2D eigenvalue weighted by Gasteiger charge is -2.30. The molecule has 0 atom stereocenters. The first-order valence-electron chi connectivity index (χ1n) is 6.77. The molecular formula is C14H20ClN3O. The molecule has 1 aromatic heterocycles. The second-order valence-corrected chi connectivity index (χ2v) is 5.53. The summed E-state index contributed by atoms with van der Waals surface area (Å²) in [6.45, 7) is 6.16. The summed E-state index contributed by atoms with van der Waals surface area (Å²) in [7, 11) is 0. The number of likely N-dealkylation sites (tertiary alicyclic amines) is 1. The van der Waals surface area contributed by atoms with Crippen LogP contribution in [0.25, 0.3) is 0 Å². The minimum Gasteiger partial charge on any atom is -0.351 e. The topological polar surface area (TPSA) is 45.2 Å². The number of carbonyl (C=O) groups is 1. The Morgan fingerprint density at radius 2 is 2.26 bits per heavy atom. The standard InChI is InChI=1S/C14H20ClN3O/c1-11-3-7-18(8-4-11)9-6-17-14(19)12-2-5-16-13(15)10-12/h2,5,10-11H,3-4,6-9H2,1H3,(H,17,19). The third-order valence-corrected chi connectivity index (χ3v) is 3.79. The van der Waals surface area contributed by atoms with E-state index in [9.17, 15) is 4.79 Å². The van der Waals surface area contributed by atoms with E-state index in [0.29, 0.717) is 17.3 Å². The van der Waals surface area contributed by atoms with Crippen molar-refractivity contribution in [2.75, 3.05) is 26.2 Å². The maximum absolute atomic E-state index is 11.9. The monoisotopic (exact) mass is 281 g/mol. The number of hydrogen-bond acceptors (Lipinski definition) is 3. The Morgan fingerprint density at radius 1 is 1.53 bits per heavy atom. The SMILES string of the molecule is CC1CCN(CCNC(=O)c2ccnc(Cl)c2)CC1. The molecule has 1 aliphatic heterocycles. The number of aromatic nitrogens is 1. The Morgan fingerprint density at radius 3 is 2.95 bits per heavy atom. The summed E-state index contributed by atoms with van der Waals surface area (Å²) in [6.07, 6.45) is 4.06. The molecule has 0 aliphatic carbocycles. The first kappa shape index (κ1) is 14.3. The lowest BCUT2D eigenvalue weighted by Crippen LogP contribution is -2.39. The Labute approximate surface area is 119 Å². The van der Waals surface area contributed by atoms with Crippen LogP contribution in [-0.2, 0) is 0 Å². The molecule has 1 N–H and O–H groups in total. The highest BCUT2D eigenvalue weighted by Crippen LogP contribution is 2.15. The number of nitrogens with one attached hydrogen (secondary N) is 1. The van der Waals surface area contributed by atoms with Crippen molar-refractivity contribution in [3.63, 3.8) is 0 Å². The predicted octanol–water partition coefficient (Wildman–Crippen LogP) is 2.20. The van der Waals surface area contributed by atoms with Gasteiger partial charge in [0.05, 0.1) is 0 Å². The van der Waals surface area contributed by atoms with E-state index in [1.54, 1.807) is 18.3 Å². The Bertz CT molecular complexity index is 430. The molecule has 4 nitrogen and oxygen atoms in total. The van der Waals surface area contributed by atoms with Gasteiger partial charge in [-0.15, -0.1) is 0 Å². The van der Waals surface area contributed by atoms with Gasteiger partial charge < -0.3 is 10.2 Å². The summed E-state index contributed by atoms with van der Waals surface area (Å²) in [5.41, 5.74) is 0.562. The van der Waals surface area contributed by atoms with Crippen LogP contribution in [0.15, 0.2) is 18.3 Å². The Balaban J connectivity index is 1.72. The fourth-order valence-corrected chi connectivity index (χ4v) is 2.43. The van der Waals surface area contributed by atoms with Crippen molar-refractivity contribution in [2.45, 2.75) is 19.8 Å². The molecule has 1 fully saturated rings. The van der Waals surface area contributed by atoms with E-state index in [1.807, 2.05) is 0 Å². The normalized spacial score (nSPS) is 17.4. The maximum Gasteiger partial charge on any atom is 0.251 e. The summed E-state index contributed by atoms with van der Waals surface area (Å²) in [6, 6.07) is 3.25. The molecule has 0 saturated carbocycles. The molecule has 0 spiro atoms. The van der Waals surface area contributed by atoms with Gasteiger partial charge >= 0.3 is 0 Å². The van der Waals surface area contributed by atoms with Gasteiger partial charge in [0.15, 0.2) is 0 Å². The van der Waals surface area contributed by atoms with E-state index < -0.39 is 0 Å². The van der Waals surface area contributed by atoms with Crippen LogP contribution in [0.5, 0.6) is 0 Å². The van der Waals surface area contributed by atoms with Gasteiger partial charge in [-0.3, -0.25) is 4.79 Å². The molecule has 1 amide bonds. The lowest BCUT2D eigenvalue weighted by atomic mass is 9.99. The Kier molecular flexibility index (Phi) is 5.16. The average molecular weight is 282 g/mol. The van der Waals surface area contributed by atoms with Gasteiger partial charge in [-0.2, -0.15) is 0 Å². The van der Waals surface area contributed by atoms with Crippen molar-refractivity contribution in [3.8, 4) is 0 Å². The number of pyridine rings is 1. The van der Waals surface area contributed by atoms with Crippen molar-refractivity contribution < 1.29 is 4.79 Å². The number of rotatable bonds is 4. The molecule has 1 aromatic rings. The number of hydrogen-bond donors (Lipinski definition) is 1. The molecule has 0 radical (unpaired) electrons. The van der Waals surface area contributed by atoms with E-state index in [0.717, 1.165) is 25.6 Å². The average Bonchev–Trinajstić information content (AvgIpc) is 2.41. The van der Waals surface area contributed by atoms with Gasteiger partial charge in [-0.05, 0) is 44.0 Å². The van der Waals surface area contributed by atoms with Gasteiger partial charge in [0.25, 0.3) is 5.91 Å². The van der Waals surface area contributed by atoms with E-state index in [2.05, 4.69) is 22.1 Å². The van der Waals surface area contributed by atoms with E-state index in [1.165, 1.54) is 12.8 Å². The highest BCUT2D eigenvalue weighted by atomic mass is 35.5. The third kappa shape index (κ3) is 4.48. The maximum atomic E-state index is 11.9. The first-order chi connectivity index (χ1) is 9.15. The summed E-state index contributed by atoms with van der Waals surface area (Å²) >= 11 is 5.76. The molecule has 19 heavy (non-hydrogen) atoms. The van der Waals surface area contributed by atoms with Crippen LogP contribution in [0.1, 0.15) is 30.1 Å². The number of amides is 1. The van der Waals surface area contributed by atoms with Crippen LogP contribution >= 0.6 is 11.6 Å². The van der Waals surface area contributed by atoms with Crippen molar-refractivity contribution in [3.05, 3.63) is 29.0 Å². The van der Waals surface area contributed by atoms with Gasteiger partial charge in [-0.1, -0.05) is 18.5 Å². The van der Waals surface area contributed by atoms with E-state index >= 15 is 0 Å². The van der Waals surface area contributed by atoms with Gasteiger partial charge in [0.2, 0.25) is 0 Å². The molecule has 0 unspecified atom stereocenters. The zero-order chi connectivity index (χ0) is 13.7.